The summed E-state index contributed by atoms with van der Waals surface area (Å²) in [6, 6.07) is 1.48. The van der Waals surface area contributed by atoms with Gasteiger partial charge in [0.05, 0.1) is 6.61 Å². The van der Waals surface area contributed by atoms with E-state index in [1.165, 1.54) is 29.2 Å². The van der Waals surface area contributed by atoms with Crippen LogP contribution in [0.4, 0.5) is 0 Å². The summed E-state index contributed by atoms with van der Waals surface area (Å²) < 4.78 is 0. The van der Waals surface area contributed by atoms with E-state index in [4.69, 9.17) is 34.4 Å². The summed E-state index contributed by atoms with van der Waals surface area (Å²) in [5, 5.41) is 54.7. The van der Waals surface area contributed by atoms with Crippen molar-refractivity contribution in [2.24, 2.45) is 44.4 Å². The Morgan fingerprint density at radius 2 is 0.892 bits per heavy atom. The molecule has 32 nitrogen and oxygen atoms in total. The molecule has 2 fully saturated rings. The summed E-state index contributed by atoms with van der Waals surface area (Å²) in [4.78, 5) is 162. The summed E-state index contributed by atoms with van der Waals surface area (Å²) in [5.41, 5.74) is 34.5. The molecule has 0 aromatic heterocycles. The van der Waals surface area contributed by atoms with E-state index in [-0.39, 0.29) is 133 Å². The molecule has 514 valence electrons. The molecule has 0 spiro atoms. The number of carbonyl (C=O) groups excluding carboxylic acids is 11. The third-order valence-electron chi connectivity index (χ3n) is 15.5. The summed E-state index contributed by atoms with van der Waals surface area (Å²) in [6.07, 6.45) is 2.91. The van der Waals surface area contributed by atoms with Gasteiger partial charge in [-0.25, -0.2) is 0 Å². The number of benzene rings is 2. The van der Waals surface area contributed by atoms with Gasteiger partial charge in [-0.05, 0) is 132 Å². The molecule has 93 heavy (non-hydrogen) atoms. The van der Waals surface area contributed by atoms with Crippen LogP contribution in [0.1, 0.15) is 133 Å². The number of carbonyl (C=O) groups is 11. The average Bonchev–Trinajstić information content (AvgIpc) is 1.85. The quantitative estimate of drug-likeness (QED) is 0.0343. The zero-order valence-electron chi connectivity index (χ0n) is 52.7. The summed E-state index contributed by atoms with van der Waals surface area (Å²) in [7, 11) is 0. The van der Waals surface area contributed by atoms with Gasteiger partial charge < -0.3 is 102 Å². The normalized spacial score (nSPS) is 23.1. The lowest BCUT2D eigenvalue weighted by Crippen LogP contribution is -2.59. The first kappa shape index (κ1) is 76.1. The molecule has 32 heteroatoms. The first-order valence-electron chi connectivity index (χ1n) is 31.7. The Morgan fingerprint density at radius 3 is 1.38 bits per heavy atom. The smallest absolute Gasteiger partial charge is 0.246 e. The molecule has 0 aliphatic carbocycles. The number of phenols is 2. The number of guanidine groups is 2. The fourth-order valence-electron chi connectivity index (χ4n) is 10.4. The van der Waals surface area contributed by atoms with Crippen LogP contribution >= 0.6 is 0 Å². The number of nitrogens with zero attached hydrogens (tertiary/aromatic N) is 3. The molecule has 0 unspecified atom stereocenters. The van der Waals surface area contributed by atoms with Crippen LogP contribution in [0, 0.1) is 0 Å². The molecule has 0 bridgehead atoms. The Labute approximate surface area is 540 Å². The molecule has 2 heterocycles. The lowest BCUT2D eigenvalue weighted by molar-refractivity contribution is -0.142. The number of fused-ring (bicyclic) bond motifs is 1. The molecule has 4 rings (SSSR count). The van der Waals surface area contributed by atoms with E-state index in [1.54, 1.807) is 24.3 Å². The average molecular weight is 1310 g/mol. The highest BCUT2D eigenvalue weighted by molar-refractivity contribution is 5.97. The Balaban J connectivity index is 1.66. The SMILES string of the molecule is NCCCC[C@@H]1NC(=O)[C@H](CO)NC(=O)[C@@H]2CCCN2C(=O)[C@H](Cc2ccc(O)cc2)NC(=O)CCCCCNC(=O)[C@H](Cc2ccc(O)cc2)NC(=O)[C@H](CCCN=C(N)N)NC(=O)[C@H](CCC(N)=O)NC(=O)[C@H](CCCN=C(N)N)NC(=O)CCCCCNC1=O. The fraction of sp³-hybridized carbons (Fsp3) is 0.590. The minimum atomic E-state index is -1.54. The summed E-state index contributed by atoms with van der Waals surface area (Å²) in [5.74, 6) is -8.44. The van der Waals surface area contributed by atoms with Crippen molar-refractivity contribution in [3.8, 4) is 11.5 Å². The Hall–Kier alpha value is -9.33. The number of nitrogens with two attached hydrogens (primary N) is 6. The maximum absolute atomic E-state index is 14.5. The standard InChI is InChI=1S/C61H96N18O14/c62-28-6-5-12-41-52(86)68-29-7-1-3-16-50(84)72-42(13-9-31-70-60(64)65)54(88)76-44(26-27-49(63)83)56(90)75-43(14-10-32-71-61(66)67)55(89)77-45(34-37-18-22-39(81)23-19-37)53(87)69-30-8-2-4-17-51(85)73-46(35-38-20-24-40(82)25-21-38)59(93)79-33-11-15-48(79)58(92)78-47(36-80)57(91)74-41/h18-25,41-48,80-82H,1-17,26-36,62H2,(H2,63,83)(H,68,86)(H,69,87)(H,72,84)(H,73,85)(H,74,91)(H,75,90)(H,76,88)(H,77,89)(H,78,92)(H4,64,65,70)(H4,66,67,71)/t41-,42-,43-,44-,45-,46-,47-,48-/m0/s1. The van der Waals surface area contributed by atoms with Gasteiger partial charge in [0.2, 0.25) is 65.0 Å². The zero-order valence-corrected chi connectivity index (χ0v) is 52.7. The second-order valence-electron chi connectivity index (χ2n) is 23.0. The summed E-state index contributed by atoms with van der Waals surface area (Å²) in [6.45, 7) is -0.174. The maximum atomic E-state index is 14.5. The first-order chi connectivity index (χ1) is 44.5. The van der Waals surface area contributed by atoms with Crippen LogP contribution in [-0.4, -0.2) is 191 Å². The number of rotatable bonds is 20. The largest absolute Gasteiger partial charge is 0.508 e. The Kier molecular flexibility index (Phi) is 33.7. The number of aliphatic imine (C=N–C) groups is 2. The Morgan fingerprint density at radius 1 is 0.473 bits per heavy atom. The topological polar surface area (TPSA) is 541 Å². The van der Waals surface area contributed by atoms with Gasteiger partial charge in [0.25, 0.3) is 0 Å². The number of aliphatic hydroxyl groups is 1. The van der Waals surface area contributed by atoms with Crippen molar-refractivity contribution in [1.29, 1.82) is 0 Å². The van der Waals surface area contributed by atoms with Crippen LogP contribution in [0.3, 0.4) is 0 Å². The highest BCUT2D eigenvalue weighted by Gasteiger charge is 2.40. The summed E-state index contributed by atoms with van der Waals surface area (Å²) >= 11 is 0. The van der Waals surface area contributed by atoms with Gasteiger partial charge in [-0.15, -0.1) is 0 Å². The van der Waals surface area contributed by atoms with E-state index in [9.17, 15) is 68.1 Å². The lowest BCUT2D eigenvalue weighted by atomic mass is 10.0. The lowest BCUT2D eigenvalue weighted by Gasteiger charge is -2.30. The van der Waals surface area contributed by atoms with Gasteiger partial charge in [-0.3, -0.25) is 62.7 Å². The number of aliphatic hydroxyl groups excluding tert-OH is 1. The minimum absolute atomic E-state index is 0.0165. The van der Waals surface area contributed by atoms with Gasteiger partial charge in [-0.2, -0.15) is 0 Å². The minimum Gasteiger partial charge on any atom is -0.508 e. The van der Waals surface area contributed by atoms with E-state index in [1.807, 2.05) is 0 Å². The second kappa shape index (κ2) is 41.2. The number of aromatic hydroxyl groups is 2. The van der Waals surface area contributed by atoms with Crippen LogP contribution in [0.15, 0.2) is 58.5 Å². The van der Waals surface area contributed by atoms with E-state index in [0.29, 0.717) is 69.0 Å². The number of nitrogens with one attached hydrogen (secondary N) is 9. The molecule has 0 saturated carbocycles. The van der Waals surface area contributed by atoms with Gasteiger partial charge in [-0.1, -0.05) is 37.1 Å². The molecule has 2 aliphatic rings. The van der Waals surface area contributed by atoms with Gasteiger partial charge in [0.15, 0.2) is 11.9 Å². The predicted molar refractivity (Wildman–Crippen MR) is 343 cm³/mol. The molecular weight excluding hydrogens is 1210 g/mol. The highest BCUT2D eigenvalue weighted by atomic mass is 16.3. The fourth-order valence-corrected chi connectivity index (χ4v) is 10.4. The molecule has 2 aliphatic heterocycles. The van der Waals surface area contributed by atoms with E-state index in [0.717, 1.165) is 0 Å². The predicted octanol–water partition coefficient (Wildman–Crippen LogP) is -3.87. The number of amides is 11. The van der Waals surface area contributed by atoms with Crippen molar-refractivity contribution in [3.63, 3.8) is 0 Å². The van der Waals surface area contributed by atoms with Crippen LogP contribution < -0.4 is 82.3 Å². The van der Waals surface area contributed by atoms with Crippen LogP contribution in [-0.2, 0) is 65.6 Å². The van der Waals surface area contributed by atoms with Crippen molar-refractivity contribution in [2.75, 3.05) is 45.9 Å². The van der Waals surface area contributed by atoms with Gasteiger partial charge in [0.1, 0.15) is 59.8 Å². The molecule has 2 aromatic carbocycles. The number of hydrogen-bond donors (Lipinski definition) is 18. The number of hydrogen-bond acceptors (Lipinski definition) is 17. The molecule has 8 atom stereocenters. The van der Waals surface area contributed by atoms with Crippen molar-refractivity contribution in [1.82, 2.24) is 52.8 Å². The highest BCUT2D eigenvalue weighted by Crippen LogP contribution is 2.22. The molecule has 0 radical (unpaired) electrons. The van der Waals surface area contributed by atoms with Gasteiger partial charge >= 0.3 is 0 Å². The van der Waals surface area contributed by atoms with Crippen molar-refractivity contribution >= 4 is 76.9 Å². The number of primary amides is 1. The van der Waals surface area contributed by atoms with E-state index in [2.05, 4.69) is 57.8 Å². The Bertz CT molecular complexity index is 2850. The molecule has 2 saturated heterocycles. The molecule has 24 N–H and O–H groups in total. The third kappa shape index (κ3) is 28.8. The van der Waals surface area contributed by atoms with Crippen molar-refractivity contribution in [3.05, 3.63) is 59.7 Å². The first-order valence-corrected chi connectivity index (χ1v) is 31.7. The zero-order chi connectivity index (χ0) is 68.2. The molecular formula is C61H96N18O14. The van der Waals surface area contributed by atoms with E-state index < -0.39 is 126 Å². The monoisotopic (exact) mass is 1300 g/mol. The van der Waals surface area contributed by atoms with Gasteiger partial charge in [0, 0.05) is 64.8 Å². The number of phenolic OH excluding ortho intramolecular Hbond substituents is 2. The second-order valence-corrected chi connectivity index (χ2v) is 23.0. The van der Waals surface area contributed by atoms with E-state index >= 15 is 0 Å². The van der Waals surface area contributed by atoms with Crippen molar-refractivity contribution < 1.29 is 68.1 Å². The van der Waals surface area contributed by atoms with Crippen LogP contribution in [0.25, 0.3) is 0 Å². The molecule has 11 amide bonds. The number of unbranched alkanes of at least 4 members (excludes halogenated alkanes) is 1. The van der Waals surface area contributed by atoms with Crippen LogP contribution in [0.5, 0.6) is 11.5 Å². The maximum Gasteiger partial charge on any atom is 0.246 e. The molecule has 2 aromatic rings. The third-order valence-corrected chi connectivity index (χ3v) is 15.5. The van der Waals surface area contributed by atoms with Crippen molar-refractivity contribution in [2.45, 2.75) is 183 Å². The van der Waals surface area contributed by atoms with Crippen LogP contribution in [0.2, 0.25) is 0 Å².